The third-order valence-electron chi connectivity index (χ3n) is 4.40. The minimum absolute atomic E-state index is 0.387. The molecule has 0 aromatic rings. The van der Waals surface area contributed by atoms with Gasteiger partial charge in [-0.2, -0.15) is 0 Å². The molecule has 0 aromatic heterocycles. The van der Waals surface area contributed by atoms with Gasteiger partial charge in [-0.05, 0) is 25.5 Å². The monoisotopic (exact) mass is 251 g/mol. The molecule has 4 heteroatoms. The molecule has 4 nitrogen and oxygen atoms in total. The summed E-state index contributed by atoms with van der Waals surface area (Å²) >= 11 is 0. The quantitative estimate of drug-likeness (QED) is 0.794. The lowest BCUT2D eigenvalue weighted by atomic mass is 9.97. The Morgan fingerprint density at radius 3 is 2.78 bits per heavy atom. The number of rotatable bonds is 4. The van der Waals surface area contributed by atoms with Crippen LogP contribution >= 0.6 is 0 Å². The molecule has 18 heavy (non-hydrogen) atoms. The summed E-state index contributed by atoms with van der Waals surface area (Å²) in [5.41, 5.74) is 0. The molecule has 0 radical (unpaired) electrons. The van der Waals surface area contributed by atoms with Crippen molar-refractivity contribution in [2.45, 2.75) is 31.8 Å². The van der Waals surface area contributed by atoms with Crippen LogP contribution in [0.4, 0.5) is 0 Å². The summed E-state index contributed by atoms with van der Waals surface area (Å²) in [6, 6.07) is 0.982. The Morgan fingerprint density at radius 2 is 2.22 bits per heavy atom. The second kappa shape index (κ2) is 5.59. The van der Waals surface area contributed by atoms with Crippen molar-refractivity contribution < 1.29 is 4.74 Å². The second-order valence-corrected chi connectivity index (χ2v) is 5.54. The molecule has 3 fully saturated rings. The number of nitrogens with one attached hydrogen (secondary N) is 1. The standard InChI is InChI=1S/C14H25N3O/c1-2-15-14(13-5-3-4-10-18-13)12-11-16-6-8-17(12)9-7-16/h5,12,14-15H,2-4,6-11H2,1H3. The number of nitrogens with zero attached hydrogens (tertiary/aromatic N) is 2. The fraction of sp³-hybridized carbons (Fsp3) is 0.857. The molecule has 0 saturated carbocycles. The highest BCUT2D eigenvalue weighted by Gasteiger charge is 2.38. The lowest BCUT2D eigenvalue weighted by molar-refractivity contribution is -0.00797. The van der Waals surface area contributed by atoms with Crippen LogP contribution in [0.15, 0.2) is 11.8 Å². The van der Waals surface area contributed by atoms with Crippen molar-refractivity contribution in [3.8, 4) is 0 Å². The van der Waals surface area contributed by atoms with Gasteiger partial charge in [-0.3, -0.25) is 9.80 Å². The molecule has 2 atom stereocenters. The van der Waals surface area contributed by atoms with Crippen LogP contribution in [0, 0.1) is 0 Å². The average molecular weight is 251 g/mol. The molecule has 2 unspecified atom stereocenters. The topological polar surface area (TPSA) is 27.7 Å². The van der Waals surface area contributed by atoms with E-state index in [0.717, 1.165) is 13.2 Å². The highest BCUT2D eigenvalue weighted by molar-refractivity contribution is 5.12. The van der Waals surface area contributed by atoms with Gasteiger partial charge < -0.3 is 10.1 Å². The van der Waals surface area contributed by atoms with Gasteiger partial charge in [0, 0.05) is 38.8 Å². The first-order valence-corrected chi connectivity index (χ1v) is 7.41. The largest absolute Gasteiger partial charge is 0.497 e. The molecular weight excluding hydrogens is 226 g/mol. The van der Waals surface area contributed by atoms with Crippen LogP contribution in [-0.4, -0.2) is 67.8 Å². The fourth-order valence-corrected chi connectivity index (χ4v) is 3.41. The summed E-state index contributed by atoms with van der Waals surface area (Å²) in [5.74, 6) is 1.20. The van der Waals surface area contributed by atoms with Crippen LogP contribution in [-0.2, 0) is 4.74 Å². The Kier molecular flexibility index (Phi) is 3.87. The first kappa shape index (κ1) is 12.5. The average Bonchev–Trinajstić information content (AvgIpc) is 2.47. The number of allylic oxidation sites excluding steroid dienone is 1. The normalized spacial score (nSPS) is 36.9. The first-order valence-electron chi connectivity index (χ1n) is 7.41. The third kappa shape index (κ3) is 2.42. The molecule has 0 aliphatic carbocycles. The van der Waals surface area contributed by atoms with Gasteiger partial charge in [0.05, 0.1) is 12.6 Å². The van der Waals surface area contributed by atoms with Crippen molar-refractivity contribution in [1.82, 2.24) is 15.1 Å². The summed E-state index contributed by atoms with van der Waals surface area (Å²) in [6.45, 7) is 10.2. The third-order valence-corrected chi connectivity index (χ3v) is 4.40. The maximum Gasteiger partial charge on any atom is 0.111 e. The van der Waals surface area contributed by atoms with Gasteiger partial charge in [-0.15, -0.1) is 0 Å². The van der Waals surface area contributed by atoms with E-state index < -0.39 is 0 Å². The lowest BCUT2D eigenvalue weighted by Gasteiger charge is -2.50. The van der Waals surface area contributed by atoms with Crippen LogP contribution in [0.25, 0.3) is 0 Å². The van der Waals surface area contributed by atoms with E-state index in [1.54, 1.807) is 0 Å². The van der Waals surface area contributed by atoms with Gasteiger partial charge >= 0.3 is 0 Å². The number of fused-ring (bicyclic) bond motifs is 3. The van der Waals surface area contributed by atoms with Crippen molar-refractivity contribution in [1.29, 1.82) is 0 Å². The zero-order valence-electron chi connectivity index (χ0n) is 11.4. The van der Waals surface area contributed by atoms with E-state index in [-0.39, 0.29) is 0 Å². The number of hydrogen-bond acceptors (Lipinski definition) is 4. The first-order chi connectivity index (χ1) is 8.88. The predicted octanol–water partition coefficient (Wildman–Crippen LogP) is 0.659. The second-order valence-electron chi connectivity index (χ2n) is 5.54. The van der Waals surface area contributed by atoms with Crippen molar-refractivity contribution in [3.63, 3.8) is 0 Å². The fourth-order valence-electron chi connectivity index (χ4n) is 3.41. The summed E-state index contributed by atoms with van der Waals surface area (Å²) < 4.78 is 5.91. The maximum absolute atomic E-state index is 5.91. The summed E-state index contributed by atoms with van der Waals surface area (Å²) in [6.07, 6.45) is 4.64. The van der Waals surface area contributed by atoms with Gasteiger partial charge in [-0.25, -0.2) is 0 Å². The molecule has 4 rings (SSSR count). The Bertz CT molecular complexity index is 310. The highest BCUT2D eigenvalue weighted by Crippen LogP contribution is 2.24. The molecule has 4 aliphatic heterocycles. The number of ether oxygens (including phenoxy) is 1. The summed E-state index contributed by atoms with van der Waals surface area (Å²) in [7, 11) is 0. The van der Waals surface area contributed by atoms with E-state index in [9.17, 15) is 0 Å². The Balaban J connectivity index is 1.74. The molecule has 0 amide bonds. The van der Waals surface area contributed by atoms with Crippen molar-refractivity contribution in [2.75, 3.05) is 45.9 Å². The van der Waals surface area contributed by atoms with Crippen LogP contribution in [0.5, 0.6) is 0 Å². The minimum Gasteiger partial charge on any atom is -0.497 e. The van der Waals surface area contributed by atoms with Gasteiger partial charge in [-0.1, -0.05) is 6.92 Å². The van der Waals surface area contributed by atoms with Crippen LogP contribution in [0.2, 0.25) is 0 Å². The molecule has 0 spiro atoms. The van der Waals surface area contributed by atoms with Crippen LogP contribution in [0.3, 0.4) is 0 Å². The zero-order valence-corrected chi connectivity index (χ0v) is 11.4. The molecular formula is C14H25N3O. The lowest BCUT2D eigenvalue weighted by Crippen LogP contribution is -2.66. The van der Waals surface area contributed by atoms with E-state index in [2.05, 4.69) is 28.1 Å². The Morgan fingerprint density at radius 1 is 1.39 bits per heavy atom. The Labute approximate surface area is 110 Å². The molecule has 1 N–H and O–H groups in total. The molecule has 0 aromatic carbocycles. The van der Waals surface area contributed by atoms with E-state index in [0.29, 0.717) is 12.1 Å². The van der Waals surface area contributed by atoms with Crippen LogP contribution < -0.4 is 5.32 Å². The number of piperazine rings is 3. The molecule has 2 bridgehead atoms. The van der Waals surface area contributed by atoms with E-state index in [4.69, 9.17) is 4.74 Å². The van der Waals surface area contributed by atoms with Gasteiger partial charge in [0.2, 0.25) is 0 Å². The van der Waals surface area contributed by atoms with Crippen LogP contribution in [0.1, 0.15) is 19.8 Å². The van der Waals surface area contributed by atoms with Gasteiger partial charge in [0.25, 0.3) is 0 Å². The molecule has 4 aliphatic rings. The Hall–Kier alpha value is -0.580. The highest BCUT2D eigenvalue weighted by atomic mass is 16.5. The van der Waals surface area contributed by atoms with Gasteiger partial charge in [0.15, 0.2) is 0 Å². The summed E-state index contributed by atoms with van der Waals surface area (Å²) in [4.78, 5) is 5.24. The van der Waals surface area contributed by atoms with Crippen molar-refractivity contribution >= 4 is 0 Å². The SMILES string of the molecule is CCNC(C1=CCCCO1)C1CN2CCN1CC2. The predicted molar refractivity (Wildman–Crippen MR) is 72.5 cm³/mol. The molecule has 3 saturated heterocycles. The van der Waals surface area contributed by atoms with Gasteiger partial charge in [0.1, 0.15) is 5.76 Å². The smallest absolute Gasteiger partial charge is 0.111 e. The van der Waals surface area contributed by atoms with E-state index in [1.807, 2.05) is 0 Å². The molecule has 102 valence electrons. The van der Waals surface area contributed by atoms with E-state index >= 15 is 0 Å². The zero-order chi connectivity index (χ0) is 12.4. The minimum atomic E-state index is 0.387. The van der Waals surface area contributed by atoms with E-state index in [1.165, 1.54) is 51.3 Å². The number of hydrogen-bond donors (Lipinski definition) is 1. The van der Waals surface area contributed by atoms with Crippen molar-refractivity contribution in [3.05, 3.63) is 11.8 Å². The van der Waals surface area contributed by atoms with Crippen molar-refractivity contribution in [2.24, 2.45) is 0 Å². The molecule has 4 heterocycles. The number of likely N-dealkylation sites (N-methyl/N-ethyl adjacent to an activating group) is 1. The maximum atomic E-state index is 5.91. The summed E-state index contributed by atoms with van der Waals surface area (Å²) in [5, 5.41) is 3.65.